The van der Waals surface area contributed by atoms with Gasteiger partial charge in [-0.2, -0.15) is 13.1 Å². The van der Waals surface area contributed by atoms with Crippen molar-refractivity contribution in [2.45, 2.75) is 26.3 Å². The summed E-state index contributed by atoms with van der Waals surface area (Å²) >= 11 is 0. The van der Waals surface area contributed by atoms with Crippen LogP contribution in [0.2, 0.25) is 0 Å². The van der Waals surface area contributed by atoms with Gasteiger partial charge in [0.1, 0.15) is 0 Å². The summed E-state index contributed by atoms with van der Waals surface area (Å²) in [5.74, 6) is 0. The zero-order valence-electron chi connectivity index (χ0n) is 9.97. The molecule has 5 nitrogen and oxygen atoms in total. The fourth-order valence-electron chi connectivity index (χ4n) is 1.98. The summed E-state index contributed by atoms with van der Waals surface area (Å²) in [5, 5.41) is 0. The third kappa shape index (κ3) is 2.37. The van der Waals surface area contributed by atoms with E-state index in [9.17, 15) is 8.42 Å². The number of hydrogen-bond donors (Lipinski definition) is 2. The summed E-state index contributed by atoms with van der Waals surface area (Å²) in [5.41, 5.74) is 7.99. The summed E-state index contributed by atoms with van der Waals surface area (Å²) in [7, 11) is -3.46. The van der Waals surface area contributed by atoms with Crippen molar-refractivity contribution in [2.75, 3.05) is 16.6 Å². The third-order valence-corrected chi connectivity index (χ3v) is 4.37. The average molecular weight is 255 g/mol. The Kier molecular flexibility index (Phi) is 3.01. The van der Waals surface area contributed by atoms with Crippen LogP contribution >= 0.6 is 0 Å². The van der Waals surface area contributed by atoms with Gasteiger partial charge in [-0.05, 0) is 38.0 Å². The summed E-state index contributed by atoms with van der Waals surface area (Å²) in [4.78, 5) is 0. The molecule has 3 N–H and O–H groups in total. The van der Waals surface area contributed by atoms with Crippen LogP contribution in [0.3, 0.4) is 0 Å². The molecule has 0 fully saturated rings. The smallest absolute Gasteiger partial charge is 0.301 e. The number of nitrogens with one attached hydrogen (secondary N) is 1. The Balaban J connectivity index is 2.36. The molecule has 0 aromatic heterocycles. The first-order valence-corrected chi connectivity index (χ1v) is 7.02. The largest absolute Gasteiger partial charge is 0.399 e. The highest BCUT2D eigenvalue weighted by molar-refractivity contribution is 7.90. The molecule has 0 amide bonds. The van der Waals surface area contributed by atoms with Crippen LogP contribution in [0.25, 0.3) is 0 Å². The van der Waals surface area contributed by atoms with E-state index < -0.39 is 10.2 Å². The molecule has 0 spiro atoms. The standard InChI is InChI=1S/C11H17N3O2S/c1-8(2)13-17(15,16)14-6-5-9-3-4-10(12)7-11(9)14/h3-4,7-8,13H,5-6,12H2,1-2H3. The van der Waals surface area contributed by atoms with Crippen LogP contribution in [-0.4, -0.2) is 21.0 Å². The van der Waals surface area contributed by atoms with Gasteiger partial charge in [-0.1, -0.05) is 6.07 Å². The zero-order valence-corrected chi connectivity index (χ0v) is 10.8. The van der Waals surface area contributed by atoms with Crippen LogP contribution in [0.4, 0.5) is 11.4 Å². The Labute approximate surface area is 102 Å². The predicted octanol–water partition coefficient (Wildman–Crippen LogP) is 0.874. The number of nitrogens with two attached hydrogens (primary N) is 1. The molecule has 0 saturated carbocycles. The third-order valence-electron chi connectivity index (χ3n) is 2.64. The first-order valence-electron chi connectivity index (χ1n) is 5.58. The topological polar surface area (TPSA) is 75.4 Å². The van der Waals surface area contributed by atoms with Crippen LogP contribution < -0.4 is 14.8 Å². The first kappa shape index (κ1) is 12.2. The summed E-state index contributed by atoms with van der Waals surface area (Å²) < 4.78 is 28.1. The van der Waals surface area contributed by atoms with E-state index in [0.29, 0.717) is 17.9 Å². The fraction of sp³-hybridized carbons (Fsp3) is 0.455. The lowest BCUT2D eigenvalue weighted by Crippen LogP contribution is -2.42. The van der Waals surface area contributed by atoms with Crippen molar-refractivity contribution in [1.82, 2.24) is 4.72 Å². The van der Waals surface area contributed by atoms with Crippen molar-refractivity contribution in [3.63, 3.8) is 0 Å². The minimum atomic E-state index is -3.46. The van der Waals surface area contributed by atoms with E-state index in [0.717, 1.165) is 12.0 Å². The summed E-state index contributed by atoms with van der Waals surface area (Å²) in [6.45, 7) is 4.07. The molecule has 0 unspecified atom stereocenters. The molecule has 1 aliphatic rings. The number of benzene rings is 1. The van der Waals surface area contributed by atoms with E-state index in [4.69, 9.17) is 5.73 Å². The Morgan fingerprint density at radius 3 is 2.76 bits per heavy atom. The maximum Gasteiger partial charge on any atom is 0.301 e. The van der Waals surface area contributed by atoms with Crippen molar-refractivity contribution in [3.05, 3.63) is 23.8 Å². The van der Waals surface area contributed by atoms with Gasteiger partial charge in [0, 0.05) is 18.3 Å². The highest BCUT2D eigenvalue weighted by Crippen LogP contribution is 2.31. The monoisotopic (exact) mass is 255 g/mol. The van der Waals surface area contributed by atoms with Crippen LogP contribution in [0.15, 0.2) is 18.2 Å². The highest BCUT2D eigenvalue weighted by atomic mass is 32.2. The molecule has 6 heteroatoms. The Bertz CT molecular complexity index is 526. The minimum absolute atomic E-state index is 0.120. The Morgan fingerprint density at radius 1 is 1.41 bits per heavy atom. The number of anilines is 2. The van der Waals surface area contributed by atoms with E-state index in [-0.39, 0.29) is 6.04 Å². The molecule has 0 bridgehead atoms. The van der Waals surface area contributed by atoms with Gasteiger partial charge in [0.25, 0.3) is 0 Å². The first-order chi connectivity index (χ1) is 7.90. The molecule has 1 aromatic carbocycles. The van der Waals surface area contributed by atoms with Crippen LogP contribution in [-0.2, 0) is 16.6 Å². The minimum Gasteiger partial charge on any atom is -0.399 e. The quantitative estimate of drug-likeness (QED) is 0.787. The predicted molar refractivity (Wildman–Crippen MR) is 69.1 cm³/mol. The molecule has 94 valence electrons. The van der Waals surface area contributed by atoms with Gasteiger partial charge in [0.15, 0.2) is 0 Å². The second kappa shape index (κ2) is 4.19. The lowest BCUT2D eigenvalue weighted by atomic mass is 10.1. The molecular formula is C11H17N3O2S. The molecule has 1 aliphatic heterocycles. The Morgan fingerprint density at radius 2 is 2.12 bits per heavy atom. The fourth-order valence-corrected chi connectivity index (χ4v) is 3.46. The second-order valence-corrected chi connectivity index (χ2v) is 6.11. The van der Waals surface area contributed by atoms with Gasteiger partial charge < -0.3 is 5.73 Å². The van der Waals surface area contributed by atoms with Crippen molar-refractivity contribution < 1.29 is 8.42 Å². The van der Waals surface area contributed by atoms with E-state index in [2.05, 4.69) is 4.72 Å². The average Bonchev–Trinajstić information content (AvgIpc) is 2.58. The van der Waals surface area contributed by atoms with E-state index in [1.165, 1.54) is 4.31 Å². The van der Waals surface area contributed by atoms with Crippen molar-refractivity contribution in [2.24, 2.45) is 0 Å². The molecule has 1 aromatic rings. The SMILES string of the molecule is CC(C)NS(=O)(=O)N1CCc2ccc(N)cc21. The second-order valence-electron chi connectivity index (χ2n) is 4.49. The van der Waals surface area contributed by atoms with Crippen molar-refractivity contribution >= 4 is 21.6 Å². The van der Waals surface area contributed by atoms with E-state index in [1.807, 2.05) is 6.07 Å². The van der Waals surface area contributed by atoms with Crippen LogP contribution in [0, 0.1) is 0 Å². The van der Waals surface area contributed by atoms with Crippen molar-refractivity contribution in [1.29, 1.82) is 0 Å². The van der Waals surface area contributed by atoms with Gasteiger partial charge >= 0.3 is 10.2 Å². The van der Waals surface area contributed by atoms with Crippen LogP contribution in [0.5, 0.6) is 0 Å². The molecular weight excluding hydrogens is 238 g/mol. The molecule has 0 aliphatic carbocycles. The summed E-state index contributed by atoms with van der Waals surface area (Å²) in [6, 6.07) is 5.27. The number of hydrogen-bond acceptors (Lipinski definition) is 3. The van der Waals surface area contributed by atoms with Crippen molar-refractivity contribution in [3.8, 4) is 0 Å². The lowest BCUT2D eigenvalue weighted by molar-refractivity contribution is 0.566. The normalized spacial score (nSPS) is 15.4. The number of nitrogen functional groups attached to an aromatic ring is 1. The molecule has 0 atom stereocenters. The van der Waals surface area contributed by atoms with E-state index in [1.54, 1.807) is 26.0 Å². The van der Waals surface area contributed by atoms with Gasteiger partial charge in [0.05, 0.1) is 5.69 Å². The molecule has 1 heterocycles. The number of fused-ring (bicyclic) bond motifs is 1. The van der Waals surface area contributed by atoms with Gasteiger partial charge in [0.2, 0.25) is 0 Å². The van der Waals surface area contributed by atoms with Gasteiger partial charge in [-0.25, -0.2) is 0 Å². The Hall–Kier alpha value is -1.27. The summed E-state index contributed by atoms with van der Waals surface area (Å²) in [6.07, 6.45) is 0.731. The van der Waals surface area contributed by atoms with Crippen LogP contribution in [0.1, 0.15) is 19.4 Å². The molecule has 2 rings (SSSR count). The lowest BCUT2D eigenvalue weighted by Gasteiger charge is -2.21. The van der Waals surface area contributed by atoms with Gasteiger partial charge in [-0.15, -0.1) is 0 Å². The molecule has 0 radical (unpaired) electrons. The van der Waals surface area contributed by atoms with E-state index >= 15 is 0 Å². The maximum atomic E-state index is 12.1. The molecule has 17 heavy (non-hydrogen) atoms. The number of rotatable bonds is 3. The molecule has 0 saturated heterocycles. The maximum absolute atomic E-state index is 12.1. The van der Waals surface area contributed by atoms with Gasteiger partial charge in [-0.3, -0.25) is 4.31 Å². The zero-order chi connectivity index (χ0) is 12.6. The highest BCUT2D eigenvalue weighted by Gasteiger charge is 2.29. The number of nitrogens with zero attached hydrogens (tertiary/aromatic N) is 1.